The Bertz CT molecular complexity index is 444. The fourth-order valence-corrected chi connectivity index (χ4v) is 2.42. The number of nitrogens with one attached hydrogen (secondary N) is 1. The minimum Gasteiger partial charge on any atom is -0.197 e. The highest BCUT2D eigenvalue weighted by Crippen LogP contribution is 2.25. The van der Waals surface area contributed by atoms with Crippen molar-refractivity contribution in [2.45, 2.75) is 17.9 Å². The summed E-state index contributed by atoms with van der Waals surface area (Å²) < 4.78 is 0. The zero-order valence-electron chi connectivity index (χ0n) is 8.85. The van der Waals surface area contributed by atoms with Gasteiger partial charge in [-0.25, -0.2) is 0 Å². The number of rotatable bonds is 4. The average molecular weight is 254 g/mol. The van der Waals surface area contributed by atoms with Crippen molar-refractivity contribution in [2.24, 2.45) is 0 Å². The van der Waals surface area contributed by atoms with Crippen LogP contribution >= 0.6 is 23.4 Å². The molecule has 84 valence electrons. The zero-order chi connectivity index (χ0) is 11.4. The van der Waals surface area contributed by atoms with Crippen molar-refractivity contribution in [3.05, 3.63) is 41.0 Å². The van der Waals surface area contributed by atoms with Gasteiger partial charge in [0.05, 0.1) is 6.20 Å². The number of benzene rings is 1. The molecule has 5 heteroatoms. The second kappa shape index (κ2) is 5.37. The summed E-state index contributed by atoms with van der Waals surface area (Å²) in [5, 5.41) is 12.1. The maximum absolute atomic E-state index is 5.95. The zero-order valence-corrected chi connectivity index (χ0v) is 10.4. The van der Waals surface area contributed by atoms with Gasteiger partial charge in [0.1, 0.15) is 5.03 Å². The van der Waals surface area contributed by atoms with Crippen LogP contribution in [0.3, 0.4) is 0 Å². The molecule has 1 unspecified atom stereocenters. The predicted molar refractivity (Wildman–Crippen MR) is 67.0 cm³/mol. The van der Waals surface area contributed by atoms with Crippen LogP contribution in [0.4, 0.5) is 0 Å². The molecular formula is C11H12ClN3S. The quantitative estimate of drug-likeness (QED) is 0.850. The minimum atomic E-state index is 0.445. The third kappa shape index (κ3) is 3.00. The number of aromatic nitrogens is 3. The molecule has 0 fully saturated rings. The van der Waals surface area contributed by atoms with Crippen LogP contribution < -0.4 is 0 Å². The molecule has 2 rings (SSSR count). The summed E-state index contributed by atoms with van der Waals surface area (Å²) in [5.41, 5.74) is 1.25. The van der Waals surface area contributed by atoms with Crippen LogP contribution in [0.15, 0.2) is 35.5 Å². The van der Waals surface area contributed by atoms with Gasteiger partial charge in [0.2, 0.25) is 0 Å². The van der Waals surface area contributed by atoms with Crippen LogP contribution in [-0.2, 0) is 0 Å². The van der Waals surface area contributed by atoms with E-state index in [1.807, 2.05) is 18.2 Å². The predicted octanol–water partition coefficient (Wildman–Crippen LogP) is 3.35. The van der Waals surface area contributed by atoms with E-state index in [1.165, 1.54) is 5.56 Å². The number of thioether (sulfide) groups is 1. The van der Waals surface area contributed by atoms with Gasteiger partial charge in [-0.15, -0.1) is 16.9 Å². The number of aromatic amines is 1. The van der Waals surface area contributed by atoms with Crippen LogP contribution in [0, 0.1) is 0 Å². The minimum absolute atomic E-state index is 0.445. The molecule has 1 atom stereocenters. The SMILES string of the molecule is CC(CSc1cn[nH]n1)c1cccc(Cl)c1. The Labute approximate surface area is 104 Å². The smallest absolute Gasteiger partial charge is 0.138 e. The van der Waals surface area contributed by atoms with Gasteiger partial charge in [-0.1, -0.05) is 30.7 Å². The lowest BCUT2D eigenvalue weighted by Crippen LogP contribution is -1.96. The lowest BCUT2D eigenvalue weighted by molar-refractivity contribution is 0.874. The van der Waals surface area contributed by atoms with Crippen molar-refractivity contribution >= 4 is 23.4 Å². The van der Waals surface area contributed by atoms with Gasteiger partial charge in [0, 0.05) is 10.8 Å². The molecule has 0 aliphatic rings. The highest BCUT2D eigenvalue weighted by atomic mass is 35.5. The molecule has 0 saturated heterocycles. The van der Waals surface area contributed by atoms with Crippen LogP contribution in [0.25, 0.3) is 0 Å². The Morgan fingerprint density at radius 3 is 3.06 bits per heavy atom. The normalized spacial score (nSPS) is 12.6. The number of H-pyrrole nitrogens is 1. The van der Waals surface area contributed by atoms with E-state index in [9.17, 15) is 0 Å². The maximum atomic E-state index is 5.95. The van der Waals surface area contributed by atoms with Gasteiger partial charge in [0.25, 0.3) is 0 Å². The molecule has 1 aromatic heterocycles. The van der Waals surface area contributed by atoms with Crippen LogP contribution in [0.2, 0.25) is 5.02 Å². The first-order valence-electron chi connectivity index (χ1n) is 5.00. The van der Waals surface area contributed by atoms with Crippen molar-refractivity contribution in [2.75, 3.05) is 5.75 Å². The molecule has 0 saturated carbocycles. The number of hydrogen-bond donors (Lipinski definition) is 1. The first-order chi connectivity index (χ1) is 7.75. The average Bonchev–Trinajstić information content (AvgIpc) is 2.78. The van der Waals surface area contributed by atoms with E-state index in [0.717, 1.165) is 15.8 Å². The van der Waals surface area contributed by atoms with E-state index in [2.05, 4.69) is 28.4 Å². The Balaban J connectivity index is 1.95. The van der Waals surface area contributed by atoms with E-state index in [0.29, 0.717) is 5.92 Å². The molecule has 0 bridgehead atoms. The van der Waals surface area contributed by atoms with Crippen molar-refractivity contribution in [1.82, 2.24) is 15.4 Å². The molecule has 2 aromatic rings. The van der Waals surface area contributed by atoms with Crippen molar-refractivity contribution in [1.29, 1.82) is 0 Å². The Morgan fingerprint density at radius 2 is 2.38 bits per heavy atom. The van der Waals surface area contributed by atoms with E-state index in [1.54, 1.807) is 18.0 Å². The van der Waals surface area contributed by atoms with E-state index in [4.69, 9.17) is 11.6 Å². The Kier molecular flexibility index (Phi) is 3.85. The molecule has 0 amide bonds. The first-order valence-corrected chi connectivity index (χ1v) is 6.36. The van der Waals surface area contributed by atoms with Gasteiger partial charge in [0.15, 0.2) is 0 Å². The van der Waals surface area contributed by atoms with Gasteiger partial charge in [-0.05, 0) is 23.6 Å². The highest BCUT2D eigenvalue weighted by molar-refractivity contribution is 7.99. The summed E-state index contributed by atoms with van der Waals surface area (Å²) in [6, 6.07) is 7.98. The van der Waals surface area contributed by atoms with E-state index < -0.39 is 0 Å². The molecular weight excluding hydrogens is 242 g/mol. The molecule has 0 aliphatic carbocycles. The topological polar surface area (TPSA) is 41.6 Å². The number of nitrogens with zero attached hydrogens (tertiary/aromatic N) is 2. The second-order valence-corrected chi connectivity index (χ2v) is 5.05. The highest BCUT2D eigenvalue weighted by Gasteiger charge is 2.07. The van der Waals surface area contributed by atoms with E-state index in [-0.39, 0.29) is 0 Å². The van der Waals surface area contributed by atoms with Crippen LogP contribution in [-0.4, -0.2) is 21.2 Å². The molecule has 0 aliphatic heterocycles. The molecule has 1 heterocycles. The van der Waals surface area contributed by atoms with E-state index >= 15 is 0 Å². The standard InChI is InChI=1S/C11H12ClN3S/c1-8(7-16-11-6-13-15-14-11)9-3-2-4-10(12)5-9/h2-6,8H,7H2,1H3,(H,13,14,15). The first kappa shape index (κ1) is 11.5. The summed E-state index contributed by atoms with van der Waals surface area (Å²) in [6.07, 6.45) is 1.73. The molecule has 0 spiro atoms. The summed E-state index contributed by atoms with van der Waals surface area (Å²) >= 11 is 7.64. The Hall–Kier alpha value is -1.00. The van der Waals surface area contributed by atoms with Crippen LogP contribution in [0.5, 0.6) is 0 Å². The Morgan fingerprint density at radius 1 is 1.50 bits per heavy atom. The lowest BCUT2D eigenvalue weighted by atomic mass is 10.0. The fourth-order valence-electron chi connectivity index (χ4n) is 1.38. The number of halogens is 1. The largest absolute Gasteiger partial charge is 0.197 e. The summed E-state index contributed by atoms with van der Waals surface area (Å²) in [6.45, 7) is 2.18. The third-order valence-corrected chi connectivity index (χ3v) is 3.69. The maximum Gasteiger partial charge on any atom is 0.138 e. The van der Waals surface area contributed by atoms with Gasteiger partial charge >= 0.3 is 0 Å². The second-order valence-electron chi connectivity index (χ2n) is 3.58. The molecule has 16 heavy (non-hydrogen) atoms. The summed E-state index contributed by atoms with van der Waals surface area (Å²) in [7, 11) is 0. The molecule has 3 nitrogen and oxygen atoms in total. The van der Waals surface area contributed by atoms with Crippen molar-refractivity contribution < 1.29 is 0 Å². The lowest BCUT2D eigenvalue weighted by Gasteiger charge is -2.10. The van der Waals surface area contributed by atoms with Gasteiger partial charge in [-0.3, -0.25) is 0 Å². The molecule has 0 radical (unpaired) electrons. The fraction of sp³-hybridized carbons (Fsp3) is 0.273. The molecule has 1 aromatic carbocycles. The van der Waals surface area contributed by atoms with Gasteiger partial charge in [-0.2, -0.15) is 10.3 Å². The number of hydrogen-bond acceptors (Lipinski definition) is 3. The summed E-state index contributed by atoms with van der Waals surface area (Å²) in [5.74, 6) is 1.41. The van der Waals surface area contributed by atoms with Gasteiger partial charge < -0.3 is 0 Å². The third-order valence-electron chi connectivity index (χ3n) is 2.29. The summed E-state index contributed by atoms with van der Waals surface area (Å²) in [4.78, 5) is 0. The molecule has 1 N–H and O–H groups in total. The van der Waals surface area contributed by atoms with Crippen molar-refractivity contribution in [3.8, 4) is 0 Å². The van der Waals surface area contributed by atoms with Crippen LogP contribution in [0.1, 0.15) is 18.4 Å². The van der Waals surface area contributed by atoms with Crippen molar-refractivity contribution in [3.63, 3.8) is 0 Å². The monoisotopic (exact) mass is 253 g/mol.